The molecular formula is C53H35N3. The topological polar surface area (TPSA) is 38.7 Å². The van der Waals surface area contributed by atoms with Crippen molar-refractivity contribution < 1.29 is 0 Å². The molecule has 1 aliphatic carbocycles. The number of fused-ring (bicyclic) bond motifs is 7. The summed E-state index contributed by atoms with van der Waals surface area (Å²) in [4.78, 5) is 15.3. The Hall–Kier alpha value is -7.23. The molecule has 0 atom stereocenters. The lowest BCUT2D eigenvalue weighted by molar-refractivity contribution is 0.990. The summed E-state index contributed by atoms with van der Waals surface area (Å²) in [5.74, 6) is 0.701. The van der Waals surface area contributed by atoms with Crippen molar-refractivity contribution in [1.29, 1.82) is 0 Å². The van der Waals surface area contributed by atoms with E-state index in [1.165, 1.54) is 54.6 Å². The first-order chi connectivity index (χ1) is 27.7. The molecule has 0 N–H and O–H groups in total. The zero-order valence-electron chi connectivity index (χ0n) is 30.7. The van der Waals surface area contributed by atoms with Crippen molar-refractivity contribution in [2.75, 3.05) is 0 Å². The van der Waals surface area contributed by atoms with Gasteiger partial charge in [0.25, 0.3) is 0 Å². The maximum Gasteiger partial charge on any atom is 0.160 e. The zero-order valence-corrected chi connectivity index (χ0v) is 30.7. The number of nitrogens with zero attached hydrogens (tertiary/aromatic N) is 3. The molecular weight excluding hydrogens is 679 g/mol. The van der Waals surface area contributed by atoms with Gasteiger partial charge in [-0.05, 0) is 103 Å². The second kappa shape index (κ2) is 13.3. The van der Waals surface area contributed by atoms with Crippen molar-refractivity contribution in [1.82, 2.24) is 15.0 Å². The minimum absolute atomic E-state index is 0.701. The average molecular weight is 714 g/mol. The Labute approximate surface area is 325 Å². The minimum Gasteiger partial charge on any atom is -0.256 e. The number of aromatic nitrogens is 3. The number of allylic oxidation sites excluding steroid dienone is 1. The van der Waals surface area contributed by atoms with E-state index in [9.17, 15) is 0 Å². The fraction of sp³-hybridized carbons (Fsp3) is 0.0377. The third kappa shape index (κ3) is 5.56. The quantitative estimate of drug-likeness (QED) is 0.167. The van der Waals surface area contributed by atoms with Gasteiger partial charge >= 0.3 is 0 Å². The van der Waals surface area contributed by atoms with Crippen LogP contribution in [0.25, 0.3) is 105 Å². The van der Waals surface area contributed by atoms with E-state index in [0.717, 1.165) is 62.9 Å². The van der Waals surface area contributed by atoms with Gasteiger partial charge in [-0.2, -0.15) is 0 Å². The lowest BCUT2D eigenvalue weighted by Gasteiger charge is -2.18. The molecule has 2 heterocycles. The van der Waals surface area contributed by atoms with E-state index in [2.05, 4.69) is 170 Å². The molecule has 0 spiro atoms. The summed E-state index contributed by atoms with van der Waals surface area (Å²) in [7, 11) is 0. The largest absolute Gasteiger partial charge is 0.256 e. The molecule has 1 aliphatic rings. The number of pyridine rings is 1. The number of benzene rings is 8. The third-order valence-electron chi connectivity index (χ3n) is 11.4. The van der Waals surface area contributed by atoms with E-state index in [1.54, 1.807) is 0 Å². The molecule has 0 aliphatic heterocycles. The van der Waals surface area contributed by atoms with Gasteiger partial charge in [-0.3, -0.25) is 4.98 Å². The maximum atomic E-state index is 5.33. The normalized spacial score (nSPS) is 12.4. The molecule has 0 fully saturated rings. The molecule has 3 heteroatoms. The predicted octanol–water partition coefficient (Wildman–Crippen LogP) is 13.8. The van der Waals surface area contributed by atoms with Crippen LogP contribution in [-0.4, -0.2) is 15.0 Å². The van der Waals surface area contributed by atoms with Crippen molar-refractivity contribution in [3.05, 3.63) is 193 Å². The Bertz CT molecular complexity index is 3180. The predicted molar refractivity (Wildman–Crippen MR) is 234 cm³/mol. The summed E-state index contributed by atoms with van der Waals surface area (Å²) in [5, 5.41) is 8.63. The molecule has 0 saturated carbocycles. The van der Waals surface area contributed by atoms with Crippen LogP contribution in [0, 0.1) is 0 Å². The van der Waals surface area contributed by atoms with E-state index in [0.29, 0.717) is 5.82 Å². The van der Waals surface area contributed by atoms with Gasteiger partial charge < -0.3 is 0 Å². The number of aryl methyl sites for hydroxylation is 1. The molecule has 262 valence electrons. The van der Waals surface area contributed by atoms with Crippen molar-refractivity contribution >= 4 is 49.3 Å². The highest BCUT2D eigenvalue weighted by Crippen LogP contribution is 2.39. The molecule has 56 heavy (non-hydrogen) atoms. The van der Waals surface area contributed by atoms with Crippen LogP contribution in [0.15, 0.2) is 182 Å². The third-order valence-corrected chi connectivity index (χ3v) is 11.4. The van der Waals surface area contributed by atoms with Gasteiger partial charge in [-0.25, -0.2) is 9.97 Å². The van der Waals surface area contributed by atoms with Crippen LogP contribution in [0.1, 0.15) is 17.5 Å². The van der Waals surface area contributed by atoms with Crippen LogP contribution in [0.4, 0.5) is 0 Å². The second-order valence-electron chi connectivity index (χ2n) is 14.7. The summed E-state index contributed by atoms with van der Waals surface area (Å²) < 4.78 is 0. The lowest BCUT2D eigenvalue weighted by atomic mass is 9.88. The summed E-state index contributed by atoms with van der Waals surface area (Å²) in [6, 6.07) is 60.9. The van der Waals surface area contributed by atoms with Crippen LogP contribution in [0.2, 0.25) is 0 Å². The Kier molecular flexibility index (Phi) is 7.63. The van der Waals surface area contributed by atoms with Crippen molar-refractivity contribution in [2.45, 2.75) is 12.8 Å². The van der Waals surface area contributed by atoms with E-state index >= 15 is 0 Å². The molecule has 0 radical (unpaired) electrons. The first-order valence-corrected chi connectivity index (χ1v) is 19.3. The minimum atomic E-state index is 0.701. The number of hydrogen-bond donors (Lipinski definition) is 0. The molecule has 3 nitrogen and oxygen atoms in total. The molecule has 10 aromatic rings. The fourth-order valence-electron chi connectivity index (χ4n) is 8.53. The zero-order chi connectivity index (χ0) is 37.0. The molecule has 0 saturated heterocycles. The van der Waals surface area contributed by atoms with E-state index < -0.39 is 0 Å². The van der Waals surface area contributed by atoms with Crippen molar-refractivity contribution in [2.24, 2.45) is 0 Å². The molecule has 2 aromatic heterocycles. The average Bonchev–Trinajstić information content (AvgIpc) is 3.28. The fourth-order valence-corrected chi connectivity index (χ4v) is 8.53. The van der Waals surface area contributed by atoms with Gasteiger partial charge in [0.2, 0.25) is 0 Å². The first kappa shape index (κ1) is 32.2. The summed E-state index contributed by atoms with van der Waals surface area (Å²) in [6.07, 6.45) is 8.59. The van der Waals surface area contributed by atoms with Crippen LogP contribution >= 0.6 is 0 Å². The first-order valence-electron chi connectivity index (χ1n) is 19.3. The monoisotopic (exact) mass is 713 g/mol. The number of hydrogen-bond acceptors (Lipinski definition) is 3. The number of rotatable bonds is 5. The highest BCUT2D eigenvalue weighted by atomic mass is 14.9. The van der Waals surface area contributed by atoms with Crippen LogP contribution in [0.3, 0.4) is 0 Å². The van der Waals surface area contributed by atoms with E-state index in [1.807, 2.05) is 18.3 Å². The van der Waals surface area contributed by atoms with E-state index in [-0.39, 0.29) is 0 Å². The molecule has 11 rings (SSSR count). The molecule has 8 aromatic carbocycles. The number of para-hydroxylation sites is 1. The summed E-state index contributed by atoms with van der Waals surface area (Å²) in [5.41, 5.74) is 13.2. The van der Waals surface area contributed by atoms with Gasteiger partial charge in [0.05, 0.1) is 16.9 Å². The summed E-state index contributed by atoms with van der Waals surface area (Å²) >= 11 is 0. The molecule has 0 unspecified atom stereocenters. The van der Waals surface area contributed by atoms with E-state index in [4.69, 9.17) is 15.0 Å². The Balaban J connectivity index is 1.05. The highest BCUT2D eigenvalue weighted by molar-refractivity contribution is 6.13. The van der Waals surface area contributed by atoms with Gasteiger partial charge in [-0.15, -0.1) is 0 Å². The second-order valence-corrected chi connectivity index (χ2v) is 14.7. The molecule has 0 bridgehead atoms. The van der Waals surface area contributed by atoms with Crippen LogP contribution < -0.4 is 0 Å². The smallest absolute Gasteiger partial charge is 0.160 e. The van der Waals surface area contributed by atoms with Gasteiger partial charge in [-0.1, -0.05) is 152 Å². The highest BCUT2D eigenvalue weighted by Gasteiger charge is 2.18. The lowest BCUT2D eigenvalue weighted by Crippen LogP contribution is -2.00. The Morgan fingerprint density at radius 1 is 0.411 bits per heavy atom. The Morgan fingerprint density at radius 2 is 1.04 bits per heavy atom. The summed E-state index contributed by atoms with van der Waals surface area (Å²) in [6.45, 7) is 0. The van der Waals surface area contributed by atoms with Gasteiger partial charge in [0.1, 0.15) is 0 Å². The van der Waals surface area contributed by atoms with Crippen molar-refractivity contribution in [3.63, 3.8) is 0 Å². The van der Waals surface area contributed by atoms with Crippen LogP contribution in [-0.2, 0) is 6.42 Å². The SMILES string of the molecule is C1=Cc2c(cc(-c3cc(-c4ccc(-c5cc6ccccc6c6ccccc56)cc4)nc(-c4ccc(-c5cnc6ccccc6c5)cc4)n3)c3ccccc23)CC1. The molecule has 0 amide bonds. The van der Waals surface area contributed by atoms with Gasteiger partial charge in [0, 0.05) is 33.8 Å². The Morgan fingerprint density at radius 3 is 1.86 bits per heavy atom. The van der Waals surface area contributed by atoms with Gasteiger partial charge in [0.15, 0.2) is 5.82 Å². The maximum absolute atomic E-state index is 5.33. The van der Waals surface area contributed by atoms with Crippen molar-refractivity contribution in [3.8, 4) is 56.2 Å². The van der Waals surface area contributed by atoms with Crippen LogP contribution in [0.5, 0.6) is 0 Å². The standard InChI is InChI=1S/C53H35N3/c1-4-14-42-38(11-1)30-48(46-18-8-6-16-44(42)46)35-23-25-36(26-24-35)51-32-52(49-31-39-12-2-5-15-43(39)45-17-7-9-19-47(45)49)56-53(55-51)37-27-21-34(22-28-37)41-29-40-13-3-10-20-50(40)54-33-41/h1,3-11,13-33H,2,12H2.